The zero-order valence-corrected chi connectivity index (χ0v) is 14.8. The van der Waals surface area contributed by atoms with Gasteiger partial charge in [0.15, 0.2) is 0 Å². The molecule has 132 valence electrons. The summed E-state index contributed by atoms with van der Waals surface area (Å²) in [5.74, 6) is -0.0867. The molecule has 1 N–H and O–H groups in total. The highest BCUT2D eigenvalue weighted by Gasteiger charge is 2.15. The highest BCUT2D eigenvalue weighted by atomic mass is 16.2. The van der Waals surface area contributed by atoms with Gasteiger partial charge in [-0.15, -0.1) is 0 Å². The van der Waals surface area contributed by atoms with Crippen LogP contribution in [0.5, 0.6) is 0 Å². The van der Waals surface area contributed by atoms with E-state index in [4.69, 9.17) is 0 Å². The quantitative estimate of drug-likeness (QED) is 0.708. The third kappa shape index (κ3) is 4.14. The fourth-order valence-electron chi connectivity index (χ4n) is 2.75. The minimum atomic E-state index is -0.0867. The Morgan fingerprint density at radius 2 is 2.16 bits per heavy atom. The number of nitrogens with zero attached hydrogens (tertiary/aromatic N) is 6. The number of hydrogen-bond donors (Lipinski definition) is 1. The van der Waals surface area contributed by atoms with E-state index >= 15 is 0 Å². The van der Waals surface area contributed by atoms with Gasteiger partial charge in [0, 0.05) is 38.2 Å². The average Bonchev–Trinajstić information content (AvgIpc) is 3.30. The fraction of sp³-hybridized carbons (Fsp3) is 0.412. The Balaban J connectivity index is 1.55. The summed E-state index contributed by atoms with van der Waals surface area (Å²) in [6.07, 6.45) is 4.51. The van der Waals surface area contributed by atoms with E-state index in [1.165, 1.54) is 0 Å². The summed E-state index contributed by atoms with van der Waals surface area (Å²) < 4.78 is 3.75. The number of nitrogens with one attached hydrogen (secondary N) is 1. The number of carbonyl (C=O) groups excluding carboxylic acids is 1. The summed E-state index contributed by atoms with van der Waals surface area (Å²) in [6, 6.07) is 5.71. The van der Waals surface area contributed by atoms with Crippen LogP contribution >= 0.6 is 0 Å². The lowest BCUT2D eigenvalue weighted by Crippen LogP contribution is -2.28. The van der Waals surface area contributed by atoms with E-state index in [0.29, 0.717) is 18.8 Å². The highest BCUT2D eigenvalue weighted by Crippen LogP contribution is 2.08. The van der Waals surface area contributed by atoms with Crippen molar-refractivity contribution in [3.05, 3.63) is 53.4 Å². The highest BCUT2D eigenvalue weighted by molar-refractivity contribution is 5.92. The van der Waals surface area contributed by atoms with Gasteiger partial charge in [-0.2, -0.15) is 15.3 Å². The third-order valence-electron chi connectivity index (χ3n) is 4.06. The summed E-state index contributed by atoms with van der Waals surface area (Å²) >= 11 is 0. The Morgan fingerprint density at radius 3 is 2.84 bits per heavy atom. The van der Waals surface area contributed by atoms with Crippen LogP contribution in [0.1, 0.15) is 34.0 Å². The van der Waals surface area contributed by atoms with Crippen molar-refractivity contribution >= 4 is 5.91 Å². The fourth-order valence-corrected chi connectivity index (χ4v) is 2.75. The molecule has 0 spiro atoms. The molecule has 0 aliphatic carbocycles. The minimum absolute atomic E-state index is 0.0867. The number of aryl methyl sites for hydroxylation is 3. The number of H-pyrrole nitrogens is 1. The van der Waals surface area contributed by atoms with E-state index in [-0.39, 0.29) is 5.91 Å². The zero-order valence-electron chi connectivity index (χ0n) is 14.8. The molecule has 1 amide bonds. The largest absolute Gasteiger partial charge is 0.340 e. The number of hydrogen-bond acceptors (Lipinski definition) is 4. The maximum Gasteiger partial charge on any atom is 0.274 e. The number of aromatic amines is 1. The lowest BCUT2D eigenvalue weighted by Gasteiger charge is -2.15. The second-order valence-electron chi connectivity index (χ2n) is 6.21. The van der Waals surface area contributed by atoms with Gasteiger partial charge in [0.05, 0.1) is 17.9 Å². The maximum atomic E-state index is 12.5. The minimum Gasteiger partial charge on any atom is -0.340 e. The number of amides is 1. The average molecular weight is 341 g/mol. The van der Waals surface area contributed by atoms with Crippen LogP contribution < -0.4 is 0 Å². The Kier molecular flexibility index (Phi) is 4.97. The van der Waals surface area contributed by atoms with Crippen molar-refractivity contribution in [2.24, 2.45) is 0 Å². The molecule has 3 heterocycles. The summed E-state index contributed by atoms with van der Waals surface area (Å²) in [6.45, 7) is 5.98. The van der Waals surface area contributed by atoms with Crippen LogP contribution in [0.4, 0.5) is 0 Å². The van der Waals surface area contributed by atoms with Gasteiger partial charge in [-0.1, -0.05) is 0 Å². The number of rotatable bonds is 7. The van der Waals surface area contributed by atoms with Crippen molar-refractivity contribution in [2.45, 2.75) is 33.4 Å². The summed E-state index contributed by atoms with van der Waals surface area (Å²) in [5, 5.41) is 15.7. The second kappa shape index (κ2) is 7.33. The van der Waals surface area contributed by atoms with Crippen LogP contribution in [0, 0.1) is 13.8 Å². The first-order valence-electron chi connectivity index (χ1n) is 8.31. The second-order valence-corrected chi connectivity index (χ2v) is 6.21. The summed E-state index contributed by atoms with van der Waals surface area (Å²) in [4.78, 5) is 14.2. The SMILES string of the molecule is Cc1cc(C)n(Cc2cc(C(=O)N(C)CCCn3cccn3)n[nH]2)n1. The molecule has 8 nitrogen and oxygen atoms in total. The Hall–Kier alpha value is -2.90. The van der Waals surface area contributed by atoms with Gasteiger partial charge in [0.1, 0.15) is 5.69 Å². The molecule has 0 unspecified atom stereocenters. The predicted molar refractivity (Wildman–Crippen MR) is 93.2 cm³/mol. The van der Waals surface area contributed by atoms with Gasteiger partial charge in [0.25, 0.3) is 5.91 Å². The van der Waals surface area contributed by atoms with Gasteiger partial charge < -0.3 is 4.90 Å². The van der Waals surface area contributed by atoms with Crippen LogP contribution in [0.2, 0.25) is 0 Å². The normalized spacial score (nSPS) is 11.0. The molecule has 0 atom stereocenters. The molecule has 0 bridgehead atoms. The van der Waals surface area contributed by atoms with Crippen molar-refractivity contribution in [3.8, 4) is 0 Å². The molecule has 0 aliphatic heterocycles. The summed E-state index contributed by atoms with van der Waals surface area (Å²) in [5.41, 5.74) is 3.35. The van der Waals surface area contributed by atoms with E-state index < -0.39 is 0 Å². The van der Waals surface area contributed by atoms with E-state index in [1.54, 1.807) is 24.2 Å². The molecule has 3 rings (SSSR count). The molecular formula is C17H23N7O. The molecule has 0 fully saturated rings. The first kappa shape index (κ1) is 16.9. The predicted octanol–water partition coefficient (Wildman–Crippen LogP) is 1.63. The smallest absolute Gasteiger partial charge is 0.274 e. The Labute approximate surface area is 146 Å². The lowest BCUT2D eigenvalue weighted by molar-refractivity contribution is 0.0785. The molecule has 8 heteroatoms. The standard InChI is InChI=1S/C17H23N7O/c1-13-10-14(2)24(21-13)12-15-11-16(20-19-15)17(25)22(3)7-5-9-23-8-4-6-18-23/h4,6,8,10-11H,5,7,9,12H2,1-3H3,(H,19,20). The van der Waals surface area contributed by atoms with Gasteiger partial charge in [-0.25, -0.2) is 0 Å². The Morgan fingerprint density at radius 1 is 1.32 bits per heavy atom. The van der Waals surface area contributed by atoms with Crippen LogP contribution in [0.15, 0.2) is 30.6 Å². The number of aromatic nitrogens is 6. The monoisotopic (exact) mass is 341 g/mol. The third-order valence-corrected chi connectivity index (χ3v) is 4.06. The first-order chi connectivity index (χ1) is 12.0. The topological polar surface area (TPSA) is 84.6 Å². The lowest BCUT2D eigenvalue weighted by atomic mass is 10.3. The molecule has 3 aromatic heterocycles. The molecule has 0 aromatic carbocycles. The molecule has 0 radical (unpaired) electrons. The molecule has 25 heavy (non-hydrogen) atoms. The van der Waals surface area contributed by atoms with Crippen molar-refractivity contribution < 1.29 is 4.79 Å². The van der Waals surface area contributed by atoms with Crippen LogP contribution in [-0.4, -0.2) is 54.2 Å². The molecule has 0 saturated heterocycles. The van der Waals surface area contributed by atoms with Gasteiger partial charge in [0.2, 0.25) is 0 Å². The van der Waals surface area contributed by atoms with E-state index in [2.05, 4.69) is 20.4 Å². The van der Waals surface area contributed by atoms with Crippen molar-refractivity contribution in [2.75, 3.05) is 13.6 Å². The van der Waals surface area contributed by atoms with Crippen molar-refractivity contribution in [1.82, 2.24) is 34.7 Å². The van der Waals surface area contributed by atoms with Crippen LogP contribution in [0.25, 0.3) is 0 Å². The molecular weight excluding hydrogens is 318 g/mol. The van der Waals surface area contributed by atoms with Crippen molar-refractivity contribution in [1.29, 1.82) is 0 Å². The van der Waals surface area contributed by atoms with Crippen LogP contribution in [0.3, 0.4) is 0 Å². The van der Waals surface area contributed by atoms with Gasteiger partial charge >= 0.3 is 0 Å². The zero-order chi connectivity index (χ0) is 17.8. The van der Waals surface area contributed by atoms with E-state index in [0.717, 1.165) is 30.0 Å². The maximum absolute atomic E-state index is 12.5. The van der Waals surface area contributed by atoms with E-state index in [1.807, 2.05) is 41.5 Å². The first-order valence-corrected chi connectivity index (χ1v) is 8.31. The van der Waals surface area contributed by atoms with Crippen molar-refractivity contribution in [3.63, 3.8) is 0 Å². The molecule has 0 aliphatic rings. The molecule has 0 saturated carbocycles. The van der Waals surface area contributed by atoms with Gasteiger partial charge in [-0.3, -0.25) is 19.3 Å². The van der Waals surface area contributed by atoms with Crippen LogP contribution in [-0.2, 0) is 13.1 Å². The van der Waals surface area contributed by atoms with E-state index in [9.17, 15) is 4.79 Å². The van der Waals surface area contributed by atoms with Gasteiger partial charge in [-0.05, 0) is 38.5 Å². The molecule has 3 aromatic rings. The summed E-state index contributed by atoms with van der Waals surface area (Å²) in [7, 11) is 1.79. The number of carbonyl (C=O) groups is 1. The Bertz CT molecular complexity index is 831.